The number of nitrogens with one attached hydrogen (secondary N) is 1. The van der Waals surface area contributed by atoms with Crippen LogP contribution >= 0.6 is 0 Å². The summed E-state index contributed by atoms with van der Waals surface area (Å²) in [5.74, 6) is -1.02. The van der Waals surface area contributed by atoms with Gasteiger partial charge in [0.25, 0.3) is 0 Å². The number of rotatable bonds is 3. The Kier molecular flexibility index (Phi) is 3.62. The lowest BCUT2D eigenvalue weighted by Gasteiger charge is -1.97. The molecule has 0 unspecified atom stereocenters. The molecule has 1 heterocycles. The summed E-state index contributed by atoms with van der Waals surface area (Å²) in [6.45, 7) is 2.03. The van der Waals surface area contributed by atoms with E-state index in [9.17, 15) is 9.18 Å². The smallest absolute Gasteiger partial charge is 0.330 e. The van der Waals surface area contributed by atoms with Gasteiger partial charge in [0.15, 0.2) is 0 Å². The molecule has 0 saturated heterocycles. The Morgan fingerprint density at radius 2 is 2.37 bits per heavy atom. The average molecular weight is 258 g/mol. The van der Waals surface area contributed by atoms with Gasteiger partial charge in [-0.25, -0.2) is 9.18 Å². The highest BCUT2D eigenvalue weighted by Gasteiger charge is 2.10. The maximum Gasteiger partial charge on any atom is 0.330 e. The monoisotopic (exact) mass is 258 g/mol. The van der Waals surface area contributed by atoms with Gasteiger partial charge in [-0.2, -0.15) is 5.26 Å². The molecule has 0 saturated carbocycles. The van der Waals surface area contributed by atoms with E-state index in [1.807, 2.05) is 6.07 Å². The van der Waals surface area contributed by atoms with Crippen molar-refractivity contribution in [2.24, 2.45) is 0 Å². The number of ether oxygens (including phenoxy) is 1. The normalized spacial score (nSPS) is 10.8. The van der Waals surface area contributed by atoms with Crippen LogP contribution < -0.4 is 0 Å². The number of benzene rings is 1. The zero-order valence-electron chi connectivity index (χ0n) is 10.2. The molecule has 2 rings (SSSR count). The molecule has 1 aromatic carbocycles. The van der Waals surface area contributed by atoms with E-state index in [-0.39, 0.29) is 5.56 Å². The molecule has 19 heavy (non-hydrogen) atoms. The molecule has 4 nitrogen and oxygen atoms in total. The first-order valence-corrected chi connectivity index (χ1v) is 5.72. The van der Waals surface area contributed by atoms with Crippen LogP contribution in [0, 0.1) is 17.1 Å². The van der Waals surface area contributed by atoms with Crippen molar-refractivity contribution in [1.82, 2.24) is 4.98 Å². The summed E-state index contributed by atoms with van der Waals surface area (Å²) in [6, 6.07) is 4.61. The number of nitriles is 1. The minimum absolute atomic E-state index is 0.0340. The van der Waals surface area contributed by atoms with Crippen molar-refractivity contribution in [3.63, 3.8) is 0 Å². The Bertz CT molecular complexity index is 695. The van der Waals surface area contributed by atoms with E-state index in [2.05, 4.69) is 4.98 Å². The predicted octanol–water partition coefficient (Wildman–Crippen LogP) is 2.75. The summed E-state index contributed by atoms with van der Waals surface area (Å²) >= 11 is 0. The summed E-state index contributed by atoms with van der Waals surface area (Å²) < 4.78 is 18.2. The summed E-state index contributed by atoms with van der Waals surface area (Å²) in [5.41, 5.74) is 1.08. The lowest BCUT2D eigenvalue weighted by molar-refractivity contribution is -0.137. The second-order valence-corrected chi connectivity index (χ2v) is 3.79. The predicted molar refractivity (Wildman–Crippen MR) is 68.6 cm³/mol. The van der Waals surface area contributed by atoms with Gasteiger partial charge in [-0.1, -0.05) is 0 Å². The number of H-pyrrole nitrogens is 1. The number of nitrogens with zero attached hydrogens (tertiary/aromatic N) is 1. The number of carbonyl (C=O) groups is 1. The van der Waals surface area contributed by atoms with Crippen LogP contribution in [0.2, 0.25) is 0 Å². The average Bonchev–Trinajstić information content (AvgIpc) is 2.80. The fourth-order valence-corrected chi connectivity index (χ4v) is 1.79. The quantitative estimate of drug-likeness (QED) is 0.680. The molecule has 0 aliphatic rings. The number of hydrogen-bond donors (Lipinski definition) is 1. The molecular formula is C14H11FN2O2. The van der Waals surface area contributed by atoms with Gasteiger partial charge >= 0.3 is 5.97 Å². The number of hydrogen-bond acceptors (Lipinski definition) is 3. The SMILES string of the molecule is CCOC(=O)C=Cc1c[nH]c2c(C#N)c(F)ccc12. The topological polar surface area (TPSA) is 65.9 Å². The molecule has 0 radical (unpaired) electrons. The highest BCUT2D eigenvalue weighted by molar-refractivity contribution is 5.96. The summed E-state index contributed by atoms with van der Waals surface area (Å²) in [7, 11) is 0. The lowest BCUT2D eigenvalue weighted by atomic mass is 10.1. The van der Waals surface area contributed by atoms with Crippen LogP contribution in [0.3, 0.4) is 0 Å². The van der Waals surface area contributed by atoms with Crippen LogP contribution in [0.15, 0.2) is 24.4 Å². The number of halogens is 1. The van der Waals surface area contributed by atoms with Crippen molar-refractivity contribution >= 4 is 22.9 Å². The summed E-state index contributed by atoms with van der Waals surface area (Å²) in [5, 5.41) is 9.59. The molecule has 1 N–H and O–H groups in total. The van der Waals surface area contributed by atoms with Crippen LogP contribution in [0.1, 0.15) is 18.1 Å². The highest BCUT2D eigenvalue weighted by Crippen LogP contribution is 2.24. The molecule has 0 spiro atoms. The molecule has 96 valence electrons. The number of carbonyl (C=O) groups excluding carboxylic acids is 1. The molecule has 0 atom stereocenters. The van der Waals surface area contributed by atoms with Crippen molar-refractivity contribution in [3.8, 4) is 6.07 Å². The Balaban J connectivity index is 2.42. The van der Waals surface area contributed by atoms with E-state index in [0.29, 0.717) is 23.1 Å². The van der Waals surface area contributed by atoms with E-state index in [1.54, 1.807) is 25.3 Å². The summed E-state index contributed by atoms with van der Waals surface area (Å²) in [6.07, 6.45) is 4.47. The molecule has 0 aliphatic heterocycles. The molecule has 0 aliphatic carbocycles. The lowest BCUT2D eigenvalue weighted by Crippen LogP contribution is -1.98. The van der Waals surface area contributed by atoms with Crippen molar-refractivity contribution in [2.45, 2.75) is 6.92 Å². The maximum absolute atomic E-state index is 13.4. The minimum Gasteiger partial charge on any atom is -0.463 e. The zero-order chi connectivity index (χ0) is 13.8. The maximum atomic E-state index is 13.4. The molecule has 0 fully saturated rings. The van der Waals surface area contributed by atoms with Gasteiger partial charge in [-0.15, -0.1) is 0 Å². The van der Waals surface area contributed by atoms with Gasteiger partial charge in [0.1, 0.15) is 17.4 Å². The van der Waals surface area contributed by atoms with Crippen molar-refractivity contribution in [3.05, 3.63) is 41.3 Å². The second-order valence-electron chi connectivity index (χ2n) is 3.79. The molecule has 0 amide bonds. The van der Waals surface area contributed by atoms with Crippen LogP contribution in [-0.4, -0.2) is 17.6 Å². The summed E-state index contributed by atoms with van der Waals surface area (Å²) in [4.78, 5) is 14.1. The van der Waals surface area contributed by atoms with Crippen LogP contribution in [0.25, 0.3) is 17.0 Å². The Morgan fingerprint density at radius 1 is 1.58 bits per heavy atom. The van der Waals surface area contributed by atoms with Crippen molar-refractivity contribution < 1.29 is 13.9 Å². The first kappa shape index (κ1) is 12.8. The van der Waals surface area contributed by atoms with Crippen LogP contribution in [0.4, 0.5) is 4.39 Å². The Morgan fingerprint density at radius 3 is 3.05 bits per heavy atom. The first-order valence-electron chi connectivity index (χ1n) is 5.72. The van der Waals surface area contributed by atoms with Gasteiger partial charge in [0, 0.05) is 23.2 Å². The Hall–Kier alpha value is -2.61. The van der Waals surface area contributed by atoms with Crippen molar-refractivity contribution in [1.29, 1.82) is 5.26 Å². The van der Waals surface area contributed by atoms with Crippen LogP contribution in [0.5, 0.6) is 0 Å². The fourth-order valence-electron chi connectivity index (χ4n) is 1.79. The minimum atomic E-state index is -0.572. The van der Waals surface area contributed by atoms with Crippen molar-refractivity contribution in [2.75, 3.05) is 6.61 Å². The zero-order valence-corrected chi connectivity index (χ0v) is 10.2. The number of fused-ring (bicyclic) bond motifs is 1. The highest BCUT2D eigenvalue weighted by atomic mass is 19.1. The molecule has 0 bridgehead atoms. The van der Waals surface area contributed by atoms with Gasteiger partial charge in [-0.05, 0) is 25.1 Å². The second kappa shape index (κ2) is 5.36. The third-order valence-corrected chi connectivity index (χ3v) is 2.63. The molecular weight excluding hydrogens is 247 g/mol. The third kappa shape index (κ3) is 2.47. The molecule has 1 aromatic heterocycles. The van der Waals surface area contributed by atoms with E-state index in [0.717, 1.165) is 0 Å². The fraction of sp³-hybridized carbons (Fsp3) is 0.143. The molecule has 2 aromatic rings. The third-order valence-electron chi connectivity index (χ3n) is 2.63. The van der Waals surface area contributed by atoms with E-state index >= 15 is 0 Å². The molecule has 5 heteroatoms. The van der Waals surface area contributed by atoms with Gasteiger partial charge in [0.2, 0.25) is 0 Å². The standard InChI is InChI=1S/C14H11FN2O2/c1-2-19-13(18)6-3-9-8-17-14-10(9)4-5-12(15)11(14)7-16/h3-6,8,17H,2H2,1H3. The van der Waals surface area contributed by atoms with Gasteiger partial charge in [-0.3, -0.25) is 0 Å². The number of esters is 1. The van der Waals surface area contributed by atoms with Gasteiger partial charge in [0.05, 0.1) is 12.1 Å². The largest absolute Gasteiger partial charge is 0.463 e. The van der Waals surface area contributed by atoms with E-state index < -0.39 is 11.8 Å². The number of aromatic amines is 1. The Labute approximate surface area is 109 Å². The van der Waals surface area contributed by atoms with Gasteiger partial charge < -0.3 is 9.72 Å². The van der Waals surface area contributed by atoms with E-state index in [1.165, 1.54) is 12.1 Å². The van der Waals surface area contributed by atoms with Crippen LogP contribution in [-0.2, 0) is 9.53 Å². The first-order chi connectivity index (χ1) is 9.17. The van der Waals surface area contributed by atoms with E-state index in [4.69, 9.17) is 10.00 Å². The number of aromatic nitrogens is 1.